The monoisotopic (exact) mass is 591 g/mol. The Balaban J connectivity index is 1.68. The van der Waals surface area contributed by atoms with Gasteiger partial charge in [-0.3, -0.25) is 9.59 Å². The first kappa shape index (κ1) is 27.7. The maximum Gasteiger partial charge on any atom is 0.422 e. The number of pyridine rings is 1. The summed E-state index contributed by atoms with van der Waals surface area (Å²) >= 11 is 12.3. The van der Waals surface area contributed by atoms with E-state index in [1.807, 2.05) is 0 Å². The van der Waals surface area contributed by atoms with Gasteiger partial charge in [0.25, 0.3) is 11.8 Å². The molecule has 2 amide bonds. The number of aromatic nitrogens is 3. The van der Waals surface area contributed by atoms with Crippen LogP contribution in [-0.2, 0) is 9.84 Å². The maximum atomic E-state index is 13.4. The Morgan fingerprint density at radius 1 is 1.18 bits per heavy atom. The molecule has 0 saturated carbocycles. The second-order valence-corrected chi connectivity index (χ2v) is 11.3. The molecule has 3 heterocycles. The molecule has 1 aliphatic rings. The molecule has 2 aromatic heterocycles. The van der Waals surface area contributed by atoms with E-state index in [1.54, 1.807) is 6.92 Å². The van der Waals surface area contributed by atoms with Crippen molar-refractivity contribution >= 4 is 50.5 Å². The summed E-state index contributed by atoms with van der Waals surface area (Å²) < 4.78 is 66.6. The van der Waals surface area contributed by atoms with Gasteiger partial charge < -0.3 is 15.4 Å². The number of rotatable bonds is 7. The topological polar surface area (TPSA) is 132 Å². The van der Waals surface area contributed by atoms with Crippen LogP contribution in [0.5, 0.6) is 5.88 Å². The zero-order valence-electron chi connectivity index (χ0n) is 19.3. The van der Waals surface area contributed by atoms with Crippen molar-refractivity contribution < 1.29 is 35.9 Å². The molecule has 10 nitrogen and oxygen atoms in total. The summed E-state index contributed by atoms with van der Waals surface area (Å²) in [6, 6.07) is 6.08. The van der Waals surface area contributed by atoms with Gasteiger partial charge in [0.1, 0.15) is 5.69 Å². The highest BCUT2D eigenvalue weighted by atomic mass is 35.5. The Morgan fingerprint density at radius 2 is 1.89 bits per heavy atom. The molecule has 1 saturated heterocycles. The van der Waals surface area contributed by atoms with E-state index in [1.165, 1.54) is 30.5 Å². The Hall–Kier alpha value is -3.36. The molecule has 38 heavy (non-hydrogen) atoms. The average Bonchev–Trinajstić information content (AvgIpc) is 3.22. The summed E-state index contributed by atoms with van der Waals surface area (Å²) in [6.07, 6.45) is -3.31. The Kier molecular flexibility index (Phi) is 7.59. The molecule has 1 aromatic carbocycles. The molecule has 0 bridgehead atoms. The highest BCUT2D eigenvalue weighted by molar-refractivity contribution is 7.92. The third-order valence-electron chi connectivity index (χ3n) is 5.27. The number of nitrogens with zero attached hydrogens (tertiary/aromatic N) is 3. The number of aryl methyl sites for hydroxylation is 1. The van der Waals surface area contributed by atoms with E-state index in [0.717, 1.165) is 10.7 Å². The average molecular weight is 592 g/mol. The van der Waals surface area contributed by atoms with Gasteiger partial charge in [-0.2, -0.15) is 13.2 Å². The molecule has 0 radical (unpaired) electrons. The predicted molar refractivity (Wildman–Crippen MR) is 132 cm³/mol. The van der Waals surface area contributed by atoms with Crippen molar-refractivity contribution in [2.45, 2.75) is 19.1 Å². The molecule has 4 rings (SSSR count). The Bertz CT molecular complexity index is 1520. The van der Waals surface area contributed by atoms with E-state index < -0.39 is 46.4 Å². The van der Waals surface area contributed by atoms with Gasteiger partial charge in [-0.05, 0) is 36.8 Å². The molecule has 0 unspecified atom stereocenters. The molecule has 3 aromatic rings. The second-order valence-electron chi connectivity index (χ2n) is 8.34. The lowest BCUT2D eigenvalue weighted by atomic mass is 10.1. The van der Waals surface area contributed by atoms with E-state index in [2.05, 4.69) is 20.7 Å². The highest BCUT2D eigenvalue weighted by Crippen LogP contribution is 2.29. The molecular formula is C22H18Cl2F3N5O5S. The van der Waals surface area contributed by atoms with Gasteiger partial charge in [-0.1, -0.05) is 23.2 Å². The fourth-order valence-corrected chi connectivity index (χ4v) is 5.39. The lowest BCUT2D eigenvalue weighted by molar-refractivity contribution is -0.154. The van der Waals surface area contributed by atoms with Crippen molar-refractivity contribution in [3.63, 3.8) is 0 Å². The van der Waals surface area contributed by atoms with Gasteiger partial charge in [0.05, 0.1) is 33.8 Å². The SMILES string of the molecule is Cc1cc(Cl)cc(C(=O)NC2CS(=O)(=O)C2)c1NC(=O)c1cc(OCC(F)(F)F)nn1-c1ncccc1Cl. The van der Waals surface area contributed by atoms with Crippen LogP contribution in [-0.4, -0.2) is 65.3 Å². The number of carbonyl (C=O) groups excluding carboxylic acids is 2. The van der Waals surface area contributed by atoms with Crippen LogP contribution in [0.15, 0.2) is 36.5 Å². The first-order valence-electron chi connectivity index (χ1n) is 10.8. The zero-order chi connectivity index (χ0) is 27.8. The van der Waals surface area contributed by atoms with Crippen molar-refractivity contribution in [2.75, 3.05) is 23.4 Å². The highest BCUT2D eigenvalue weighted by Gasteiger charge is 2.35. The molecular weight excluding hydrogens is 574 g/mol. The normalized spacial score (nSPS) is 15.0. The van der Waals surface area contributed by atoms with Crippen LogP contribution in [0.25, 0.3) is 5.82 Å². The number of alkyl halides is 3. The number of benzene rings is 1. The van der Waals surface area contributed by atoms with Gasteiger partial charge in [-0.25, -0.2) is 18.1 Å². The summed E-state index contributed by atoms with van der Waals surface area (Å²) in [6.45, 7) is -0.0879. The molecule has 0 spiro atoms. The third-order valence-corrected chi connectivity index (χ3v) is 7.61. The minimum absolute atomic E-state index is 0.0386. The van der Waals surface area contributed by atoms with Gasteiger partial charge in [0.2, 0.25) is 5.88 Å². The Labute approximate surface area is 224 Å². The molecule has 1 aliphatic heterocycles. The number of amides is 2. The van der Waals surface area contributed by atoms with E-state index in [9.17, 15) is 31.2 Å². The van der Waals surface area contributed by atoms with E-state index >= 15 is 0 Å². The van der Waals surface area contributed by atoms with Crippen molar-refractivity contribution in [3.05, 3.63) is 63.4 Å². The Morgan fingerprint density at radius 3 is 2.53 bits per heavy atom. The summed E-state index contributed by atoms with van der Waals surface area (Å²) in [5, 5.41) is 9.26. The van der Waals surface area contributed by atoms with Crippen LogP contribution in [0, 0.1) is 6.92 Å². The predicted octanol–water partition coefficient (Wildman–Crippen LogP) is 3.60. The molecule has 0 aliphatic carbocycles. The number of sulfone groups is 1. The van der Waals surface area contributed by atoms with Gasteiger partial charge in [-0.15, -0.1) is 5.10 Å². The third kappa shape index (κ3) is 6.37. The number of hydrogen-bond donors (Lipinski definition) is 2. The molecule has 1 fully saturated rings. The summed E-state index contributed by atoms with van der Waals surface area (Å²) in [5.74, 6) is -2.58. The number of ether oxygens (including phenoxy) is 1. The van der Waals surface area contributed by atoms with Gasteiger partial charge in [0, 0.05) is 17.3 Å². The smallest absolute Gasteiger partial charge is 0.422 e. The van der Waals surface area contributed by atoms with Gasteiger partial charge >= 0.3 is 6.18 Å². The van der Waals surface area contributed by atoms with E-state index in [0.29, 0.717) is 5.56 Å². The standard InChI is InChI=1S/C22H18Cl2F3N5O5S/c1-11-5-12(23)6-14(20(33)29-13-8-38(35,36)9-13)18(11)30-21(34)16-7-17(37-10-22(25,26)27)31-32(16)19-15(24)3-2-4-28-19/h2-7,13H,8-10H2,1H3,(H,29,33)(H,30,34). The first-order valence-corrected chi connectivity index (χ1v) is 13.3. The fourth-order valence-electron chi connectivity index (χ4n) is 3.62. The number of nitrogens with one attached hydrogen (secondary N) is 2. The van der Waals surface area contributed by atoms with E-state index in [4.69, 9.17) is 27.9 Å². The molecule has 16 heteroatoms. The van der Waals surface area contributed by atoms with Crippen LogP contribution in [0.3, 0.4) is 0 Å². The van der Waals surface area contributed by atoms with Crippen LogP contribution in [0.1, 0.15) is 26.4 Å². The summed E-state index contributed by atoms with van der Waals surface area (Å²) in [5.41, 5.74) is 0.0705. The van der Waals surface area contributed by atoms with Crippen molar-refractivity contribution in [1.29, 1.82) is 0 Å². The lowest BCUT2D eigenvalue weighted by Crippen LogP contribution is -2.53. The largest absolute Gasteiger partial charge is 0.467 e. The summed E-state index contributed by atoms with van der Waals surface area (Å²) in [7, 11) is -3.21. The number of halogens is 5. The number of carbonyl (C=O) groups is 2. The first-order chi connectivity index (χ1) is 17.7. The minimum Gasteiger partial charge on any atom is -0.467 e. The molecule has 2 N–H and O–H groups in total. The lowest BCUT2D eigenvalue weighted by Gasteiger charge is -2.27. The van der Waals surface area contributed by atoms with Crippen LogP contribution in [0.2, 0.25) is 10.0 Å². The van der Waals surface area contributed by atoms with Crippen molar-refractivity contribution in [3.8, 4) is 11.7 Å². The molecule has 0 atom stereocenters. The van der Waals surface area contributed by atoms with Crippen molar-refractivity contribution in [1.82, 2.24) is 20.1 Å². The summed E-state index contributed by atoms with van der Waals surface area (Å²) in [4.78, 5) is 30.3. The molecule has 202 valence electrons. The maximum absolute atomic E-state index is 13.4. The van der Waals surface area contributed by atoms with Crippen LogP contribution in [0.4, 0.5) is 18.9 Å². The van der Waals surface area contributed by atoms with Gasteiger partial charge in [0.15, 0.2) is 22.3 Å². The van der Waals surface area contributed by atoms with Crippen LogP contribution < -0.4 is 15.4 Å². The van der Waals surface area contributed by atoms with Crippen molar-refractivity contribution in [2.24, 2.45) is 0 Å². The van der Waals surface area contributed by atoms with Crippen LogP contribution >= 0.6 is 23.2 Å². The number of hydrogen-bond acceptors (Lipinski definition) is 7. The second kappa shape index (κ2) is 10.4. The quantitative estimate of drug-likeness (QED) is 0.429. The number of anilines is 1. The minimum atomic E-state index is -4.66. The zero-order valence-corrected chi connectivity index (χ0v) is 21.7. The van der Waals surface area contributed by atoms with E-state index in [-0.39, 0.29) is 44.3 Å². The fraction of sp³-hybridized carbons (Fsp3) is 0.273.